The molecule has 1 N–H and O–H groups in total. The van der Waals surface area contributed by atoms with Gasteiger partial charge < -0.3 is 9.64 Å². The lowest BCUT2D eigenvalue weighted by Gasteiger charge is -2.39. The maximum Gasteiger partial charge on any atom is 0.255 e. The molecular weight excluding hydrogens is 318 g/mol. The molecule has 1 saturated heterocycles. The second-order valence-corrected chi connectivity index (χ2v) is 8.06. The van der Waals surface area contributed by atoms with Gasteiger partial charge in [-0.15, -0.1) is 0 Å². The average Bonchev–Trinajstić information content (AvgIpc) is 2.97. The van der Waals surface area contributed by atoms with Crippen LogP contribution in [-0.2, 0) is 10.0 Å². The summed E-state index contributed by atoms with van der Waals surface area (Å²) in [4.78, 5) is 17.8. The lowest BCUT2D eigenvalue weighted by molar-refractivity contribution is 0.0657. The van der Waals surface area contributed by atoms with E-state index in [1.165, 1.54) is 18.2 Å². The third kappa shape index (κ3) is 3.48. The van der Waals surface area contributed by atoms with Crippen molar-refractivity contribution in [2.75, 3.05) is 20.2 Å². The Morgan fingerprint density at radius 2 is 2.00 bits per heavy atom. The van der Waals surface area contributed by atoms with Crippen LogP contribution in [0.25, 0.3) is 0 Å². The number of carbonyl (C=O) groups excluding carboxylic acids is 1. The minimum absolute atomic E-state index is 0.0653. The van der Waals surface area contributed by atoms with Crippen molar-refractivity contribution in [1.29, 1.82) is 0 Å². The molecule has 23 heavy (non-hydrogen) atoms. The molecule has 3 rings (SSSR count). The van der Waals surface area contributed by atoms with Gasteiger partial charge in [0.25, 0.3) is 5.91 Å². The number of likely N-dealkylation sites (tertiary alicyclic amines) is 1. The minimum Gasteiger partial charge on any atom is -0.481 e. The molecule has 1 amide bonds. The Hall–Kier alpha value is -1.67. The van der Waals surface area contributed by atoms with Gasteiger partial charge in [-0.25, -0.2) is 18.1 Å². The predicted octanol–water partition coefficient (Wildman–Crippen LogP) is 0.777. The second kappa shape index (κ2) is 6.45. The summed E-state index contributed by atoms with van der Waals surface area (Å²) in [5.41, 5.74) is 0.436. The van der Waals surface area contributed by atoms with Gasteiger partial charge in [0.15, 0.2) is 0 Å². The molecule has 2 aliphatic rings. The molecule has 1 saturated carbocycles. The van der Waals surface area contributed by atoms with Crippen LogP contribution in [0.4, 0.5) is 0 Å². The van der Waals surface area contributed by atoms with E-state index in [1.54, 1.807) is 12.1 Å². The van der Waals surface area contributed by atoms with Gasteiger partial charge in [0.1, 0.15) is 5.25 Å². The Balaban J connectivity index is 1.55. The summed E-state index contributed by atoms with van der Waals surface area (Å²) < 4.78 is 32.3. The Morgan fingerprint density at radius 3 is 2.57 bits per heavy atom. The Labute approximate surface area is 136 Å². The number of rotatable bonds is 5. The molecule has 126 valence electrons. The molecule has 7 nitrogen and oxygen atoms in total. The van der Waals surface area contributed by atoms with Crippen LogP contribution < -0.4 is 9.46 Å². The fourth-order valence-electron chi connectivity index (χ4n) is 2.98. The summed E-state index contributed by atoms with van der Waals surface area (Å²) in [5.74, 6) is 0.235. The predicted molar refractivity (Wildman–Crippen MR) is 84.8 cm³/mol. The van der Waals surface area contributed by atoms with Crippen LogP contribution in [0, 0.1) is 0 Å². The van der Waals surface area contributed by atoms with E-state index in [1.807, 2.05) is 0 Å². The lowest BCUT2D eigenvalue weighted by Crippen LogP contribution is -2.60. The summed E-state index contributed by atoms with van der Waals surface area (Å²) >= 11 is 0. The highest BCUT2D eigenvalue weighted by atomic mass is 32.2. The first-order chi connectivity index (χ1) is 11.0. The van der Waals surface area contributed by atoms with Crippen LogP contribution in [0.5, 0.6) is 5.88 Å². The summed E-state index contributed by atoms with van der Waals surface area (Å²) in [7, 11) is -1.84. The first kappa shape index (κ1) is 16.2. The Morgan fingerprint density at radius 1 is 1.30 bits per heavy atom. The number of aromatic nitrogens is 1. The molecule has 0 atom stereocenters. The Kier molecular flexibility index (Phi) is 4.54. The van der Waals surface area contributed by atoms with Crippen LogP contribution in [0.1, 0.15) is 36.0 Å². The maximum absolute atomic E-state index is 12.3. The van der Waals surface area contributed by atoms with Gasteiger partial charge in [0, 0.05) is 31.4 Å². The molecule has 1 aromatic rings. The highest BCUT2D eigenvalue weighted by Crippen LogP contribution is 2.23. The smallest absolute Gasteiger partial charge is 0.255 e. The van der Waals surface area contributed by atoms with E-state index in [0.29, 0.717) is 11.4 Å². The van der Waals surface area contributed by atoms with Crippen molar-refractivity contribution in [1.82, 2.24) is 14.6 Å². The van der Waals surface area contributed by atoms with E-state index < -0.39 is 15.3 Å². The fourth-order valence-corrected chi connectivity index (χ4v) is 4.63. The van der Waals surface area contributed by atoms with E-state index >= 15 is 0 Å². The number of hydrogen-bond donors (Lipinski definition) is 1. The lowest BCUT2D eigenvalue weighted by atomic mass is 10.1. The van der Waals surface area contributed by atoms with Crippen molar-refractivity contribution in [3.8, 4) is 5.88 Å². The van der Waals surface area contributed by atoms with E-state index in [2.05, 4.69) is 9.71 Å². The molecule has 8 heteroatoms. The molecule has 0 radical (unpaired) electrons. The average molecular weight is 339 g/mol. The zero-order chi connectivity index (χ0) is 16.4. The van der Waals surface area contributed by atoms with E-state index in [9.17, 15) is 13.2 Å². The highest BCUT2D eigenvalue weighted by Gasteiger charge is 2.41. The number of pyridine rings is 1. The van der Waals surface area contributed by atoms with Crippen molar-refractivity contribution < 1.29 is 17.9 Å². The van der Waals surface area contributed by atoms with E-state index in [0.717, 1.165) is 25.7 Å². The van der Waals surface area contributed by atoms with Crippen molar-refractivity contribution >= 4 is 15.9 Å². The molecule has 1 aromatic heterocycles. The number of hydrogen-bond acceptors (Lipinski definition) is 5. The van der Waals surface area contributed by atoms with Crippen molar-refractivity contribution in [3.05, 3.63) is 23.9 Å². The van der Waals surface area contributed by atoms with Gasteiger partial charge in [-0.05, 0) is 18.9 Å². The highest BCUT2D eigenvalue weighted by molar-refractivity contribution is 7.90. The van der Waals surface area contributed by atoms with Crippen molar-refractivity contribution in [2.24, 2.45) is 0 Å². The third-order valence-electron chi connectivity index (χ3n) is 4.45. The van der Waals surface area contributed by atoms with Gasteiger partial charge >= 0.3 is 0 Å². The number of nitrogens with one attached hydrogen (secondary N) is 1. The first-order valence-electron chi connectivity index (χ1n) is 7.80. The van der Waals surface area contributed by atoms with Crippen LogP contribution in [0.3, 0.4) is 0 Å². The maximum atomic E-state index is 12.3. The van der Waals surface area contributed by atoms with Crippen LogP contribution >= 0.6 is 0 Å². The number of methoxy groups -OCH3 is 1. The summed E-state index contributed by atoms with van der Waals surface area (Å²) in [5, 5.41) is -0.516. The van der Waals surface area contributed by atoms with E-state index in [4.69, 9.17) is 4.74 Å². The second-order valence-electron chi connectivity index (χ2n) is 6.07. The van der Waals surface area contributed by atoms with Gasteiger partial charge in [-0.2, -0.15) is 0 Å². The van der Waals surface area contributed by atoms with Gasteiger partial charge in [-0.3, -0.25) is 4.79 Å². The molecular formula is C15H21N3O4S. The molecule has 0 unspecified atom stereocenters. The van der Waals surface area contributed by atoms with Crippen LogP contribution in [0.2, 0.25) is 0 Å². The van der Waals surface area contributed by atoms with Crippen LogP contribution in [-0.4, -0.2) is 55.7 Å². The molecule has 1 aliphatic heterocycles. The number of nitrogens with zero attached hydrogens (tertiary/aromatic N) is 2. The molecule has 0 bridgehead atoms. The van der Waals surface area contributed by atoms with Crippen LogP contribution in [0.15, 0.2) is 18.3 Å². The number of sulfonamides is 1. The quantitative estimate of drug-likeness (QED) is 0.856. The normalized spacial score (nSPS) is 19.6. The summed E-state index contributed by atoms with van der Waals surface area (Å²) in [6.45, 7) is 0.458. The SMILES string of the molecule is COc1ccc(C(=O)N2CC(S(=O)(=O)NC3CCCC3)C2)cn1. The minimum atomic E-state index is -3.35. The number of ether oxygens (including phenoxy) is 1. The van der Waals surface area contributed by atoms with Gasteiger partial charge in [0.2, 0.25) is 15.9 Å². The van der Waals surface area contributed by atoms with Crippen molar-refractivity contribution in [2.45, 2.75) is 37.0 Å². The summed E-state index contributed by atoms with van der Waals surface area (Å²) in [6.07, 6.45) is 5.41. The molecule has 1 aliphatic carbocycles. The standard InChI is InChI=1S/C15H21N3O4S/c1-22-14-7-6-11(8-16-14)15(19)18-9-13(10-18)23(20,21)17-12-4-2-3-5-12/h6-8,12-13,17H,2-5,9-10H2,1H3. The number of amides is 1. The van der Waals surface area contributed by atoms with Gasteiger partial charge in [-0.1, -0.05) is 12.8 Å². The molecule has 0 aromatic carbocycles. The van der Waals surface area contributed by atoms with Crippen molar-refractivity contribution in [3.63, 3.8) is 0 Å². The van der Waals surface area contributed by atoms with Gasteiger partial charge in [0.05, 0.1) is 12.7 Å². The Bertz CT molecular complexity index is 662. The zero-order valence-corrected chi connectivity index (χ0v) is 13.9. The first-order valence-corrected chi connectivity index (χ1v) is 9.34. The zero-order valence-electron chi connectivity index (χ0n) is 13.1. The fraction of sp³-hybridized carbons (Fsp3) is 0.600. The topological polar surface area (TPSA) is 88.6 Å². The van der Waals surface area contributed by atoms with E-state index in [-0.39, 0.29) is 25.0 Å². The summed E-state index contributed by atoms with van der Waals surface area (Å²) in [6, 6.07) is 3.31. The molecule has 2 heterocycles. The molecule has 2 fully saturated rings. The largest absolute Gasteiger partial charge is 0.481 e. The molecule has 0 spiro atoms. The monoisotopic (exact) mass is 339 g/mol. The third-order valence-corrected chi connectivity index (χ3v) is 6.29. The number of carbonyl (C=O) groups is 1.